The molecule has 1 heterocycles. The molecule has 1 saturated carbocycles. The summed E-state index contributed by atoms with van der Waals surface area (Å²) in [5.41, 5.74) is 1.13. The second kappa shape index (κ2) is 6.61. The van der Waals surface area contributed by atoms with E-state index in [0.717, 1.165) is 24.8 Å². The van der Waals surface area contributed by atoms with Crippen LogP contribution in [0.25, 0.3) is 0 Å². The van der Waals surface area contributed by atoms with E-state index in [1.807, 2.05) is 24.0 Å². The van der Waals surface area contributed by atoms with Gasteiger partial charge in [-0.05, 0) is 43.4 Å². The number of sulfonamides is 1. The van der Waals surface area contributed by atoms with Crippen molar-refractivity contribution in [3.63, 3.8) is 0 Å². The molecule has 23 heavy (non-hydrogen) atoms. The van der Waals surface area contributed by atoms with Crippen LogP contribution in [-0.4, -0.2) is 49.7 Å². The summed E-state index contributed by atoms with van der Waals surface area (Å²) in [6.45, 7) is 4.07. The summed E-state index contributed by atoms with van der Waals surface area (Å²) in [5.74, 6) is 0.399. The topological polar surface area (TPSA) is 57.7 Å². The van der Waals surface area contributed by atoms with Crippen LogP contribution in [0.3, 0.4) is 0 Å². The molecule has 1 amide bonds. The zero-order valence-corrected chi connectivity index (χ0v) is 14.4. The smallest absolute Gasteiger partial charge is 0.243 e. The van der Waals surface area contributed by atoms with Gasteiger partial charge in [-0.25, -0.2) is 8.42 Å². The Balaban J connectivity index is 1.70. The van der Waals surface area contributed by atoms with Crippen LogP contribution in [0, 0.1) is 5.92 Å². The van der Waals surface area contributed by atoms with Crippen molar-refractivity contribution in [3.05, 3.63) is 29.8 Å². The number of amides is 1. The fourth-order valence-corrected chi connectivity index (χ4v) is 4.46. The standard InChI is InChI=1S/C17H24N2O3S/c1-2-14-4-8-16(9-5-14)23(21,22)19-11-3-10-18(12-13-19)17(20)15-6-7-15/h4-5,8-9,15H,2-3,6-7,10-13H2,1H3. The van der Waals surface area contributed by atoms with Crippen LogP contribution in [0.15, 0.2) is 29.2 Å². The van der Waals surface area contributed by atoms with Crippen LogP contribution < -0.4 is 0 Å². The zero-order chi connectivity index (χ0) is 16.4. The molecule has 2 aliphatic rings. The average molecular weight is 336 g/mol. The molecule has 3 rings (SSSR count). The Morgan fingerprint density at radius 3 is 2.39 bits per heavy atom. The first kappa shape index (κ1) is 16.5. The molecule has 1 saturated heterocycles. The lowest BCUT2D eigenvalue weighted by Crippen LogP contribution is -2.37. The van der Waals surface area contributed by atoms with E-state index in [4.69, 9.17) is 0 Å². The summed E-state index contributed by atoms with van der Waals surface area (Å²) in [6, 6.07) is 7.11. The Kier molecular flexibility index (Phi) is 4.73. The van der Waals surface area contributed by atoms with Gasteiger partial charge >= 0.3 is 0 Å². The maximum absolute atomic E-state index is 12.8. The number of benzene rings is 1. The van der Waals surface area contributed by atoms with Crippen LogP contribution >= 0.6 is 0 Å². The van der Waals surface area contributed by atoms with E-state index >= 15 is 0 Å². The molecule has 2 fully saturated rings. The van der Waals surface area contributed by atoms with Crippen LogP contribution in [0.2, 0.25) is 0 Å². The van der Waals surface area contributed by atoms with Gasteiger partial charge in [0.15, 0.2) is 0 Å². The highest BCUT2D eigenvalue weighted by Gasteiger charge is 2.35. The summed E-state index contributed by atoms with van der Waals surface area (Å²) in [4.78, 5) is 14.4. The molecule has 0 aromatic heterocycles. The van der Waals surface area contributed by atoms with E-state index < -0.39 is 10.0 Å². The quantitative estimate of drug-likeness (QED) is 0.843. The summed E-state index contributed by atoms with van der Waals surface area (Å²) >= 11 is 0. The Bertz CT molecular complexity index is 666. The Morgan fingerprint density at radius 2 is 1.78 bits per heavy atom. The van der Waals surface area contributed by atoms with Gasteiger partial charge in [0.05, 0.1) is 4.90 Å². The molecular weight excluding hydrogens is 312 g/mol. The lowest BCUT2D eigenvalue weighted by atomic mass is 10.2. The van der Waals surface area contributed by atoms with Gasteiger partial charge in [-0.3, -0.25) is 4.79 Å². The number of aryl methyl sites for hydroxylation is 1. The van der Waals surface area contributed by atoms with Gasteiger partial charge in [0.25, 0.3) is 0 Å². The molecule has 6 heteroatoms. The molecule has 5 nitrogen and oxygen atoms in total. The van der Waals surface area contributed by atoms with Gasteiger partial charge in [-0.2, -0.15) is 4.31 Å². The van der Waals surface area contributed by atoms with Crippen molar-refractivity contribution >= 4 is 15.9 Å². The Labute approximate surface area is 138 Å². The minimum absolute atomic E-state index is 0.194. The van der Waals surface area contributed by atoms with Crippen molar-refractivity contribution in [2.24, 2.45) is 5.92 Å². The Hall–Kier alpha value is -1.40. The van der Waals surface area contributed by atoms with Gasteiger partial charge in [-0.1, -0.05) is 19.1 Å². The highest BCUT2D eigenvalue weighted by molar-refractivity contribution is 7.89. The van der Waals surface area contributed by atoms with Crippen molar-refractivity contribution in [1.29, 1.82) is 0 Å². The molecule has 1 aromatic rings. The number of carbonyl (C=O) groups excluding carboxylic acids is 1. The maximum Gasteiger partial charge on any atom is 0.243 e. The third-order valence-corrected chi connectivity index (χ3v) is 6.58. The molecule has 1 aliphatic heterocycles. The molecule has 0 N–H and O–H groups in total. The fourth-order valence-electron chi connectivity index (χ4n) is 2.99. The SMILES string of the molecule is CCc1ccc(S(=O)(=O)N2CCCN(C(=O)C3CC3)CC2)cc1. The minimum atomic E-state index is -3.47. The number of hydrogen-bond acceptors (Lipinski definition) is 3. The van der Waals surface area contributed by atoms with Gasteiger partial charge in [-0.15, -0.1) is 0 Å². The number of nitrogens with zero attached hydrogens (tertiary/aromatic N) is 2. The molecule has 0 unspecified atom stereocenters. The normalized spacial score (nSPS) is 20.3. The van der Waals surface area contributed by atoms with Crippen LogP contribution in [0.1, 0.15) is 31.7 Å². The highest BCUT2D eigenvalue weighted by Crippen LogP contribution is 2.31. The van der Waals surface area contributed by atoms with Crippen molar-refractivity contribution in [2.75, 3.05) is 26.2 Å². The van der Waals surface area contributed by atoms with Crippen molar-refractivity contribution in [3.8, 4) is 0 Å². The van der Waals surface area contributed by atoms with E-state index in [9.17, 15) is 13.2 Å². The predicted molar refractivity (Wildman–Crippen MR) is 88.5 cm³/mol. The van der Waals surface area contributed by atoms with Gasteiger partial charge < -0.3 is 4.90 Å². The number of carbonyl (C=O) groups is 1. The molecular formula is C17H24N2O3S. The zero-order valence-electron chi connectivity index (χ0n) is 13.6. The monoisotopic (exact) mass is 336 g/mol. The average Bonchev–Trinajstić information content (AvgIpc) is 3.40. The largest absolute Gasteiger partial charge is 0.341 e. The fraction of sp³-hybridized carbons (Fsp3) is 0.588. The summed E-state index contributed by atoms with van der Waals surface area (Å²) < 4.78 is 27.1. The first-order chi connectivity index (χ1) is 11.0. The van der Waals surface area contributed by atoms with Crippen molar-refractivity contribution in [2.45, 2.75) is 37.5 Å². The second-order valence-corrected chi connectivity index (χ2v) is 8.29. The van der Waals surface area contributed by atoms with E-state index in [2.05, 4.69) is 0 Å². The second-order valence-electron chi connectivity index (χ2n) is 6.35. The summed E-state index contributed by atoms with van der Waals surface area (Å²) in [6.07, 6.45) is 3.56. The lowest BCUT2D eigenvalue weighted by Gasteiger charge is -2.22. The lowest BCUT2D eigenvalue weighted by molar-refractivity contribution is -0.132. The summed E-state index contributed by atoms with van der Waals surface area (Å²) in [5, 5.41) is 0. The molecule has 0 atom stereocenters. The number of rotatable bonds is 4. The first-order valence-corrected chi connectivity index (χ1v) is 9.84. The molecule has 1 aromatic carbocycles. The van der Waals surface area contributed by atoms with E-state index in [1.165, 1.54) is 4.31 Å². The molecule has 1 aliphatic carbocycles. The van der Waals surface area contributed by atoms with Crippen LogP contribution in [0.4, 0.5) is 0 Å². The van der Waals surface area contributed by atoms with Crippen LogP contribution in [0.5, 0.6) is 0 Å². The van der Waals surface area contributed by atoms with Crippen molar-refractivity contribution < 1.29 is 13.2 Å². The van der Waals surface area contributed by atoms with Crippen LogP contribution in [-0.2, 0) is 21.2 Å². The summed E-state index contributed by atoms with van der Waals surface area (Å²) in [7, 11) is -3.47. The third kappa shape index (κ3) is 3.58. The first-order valence-electron chi connectivity index (χ1n) is 8.40. The molecule has 0 spiro atoms. The maximum atomic E-state index is 12.8. The highest BCUT2D eigenvalue weighted by atomic mass is 32.2. The van der Waals surface area contributed by atoms with E-state index in [0.29, 0.717) is 37.5 Å². The number of hydrogen-bond donors (Lipinski definition) is 0. The van der Waals surface area contributed by atoms with Crippen molar-refractivity contribution in [1.82, 2.24) is 9.21 Å². The van der Waals surface area contributed by atoms with Gasteiger partial charge in [0.1, 0.15) is 0 Å². The van der Waals surface area contributed by atoms with E-state index in [-0.39, 0.29) is 11.8 Å². The molecule has 0 bridgehead atoms. The third-order valence-electron chi connectivity index (χ3n) is 4.66. The predicted octanol–water partition coefficient (Wildman–Crippen LogP) is 1.88. The van der Waals surface area contributed by atoms with Gasteiger partial charge in [0, 0.05) is 32.1 Å². The molecule has 0 radical (unpaired) electrons. The Morgan fingerprint density at radius 1 is 1.09 bits per heavy atom. The van der Waals surface area contributed by atoms with E-state index in [1.54, 1.807) is 12.1 Å². The molecule has 126 valence electrons. The minimum Gasteiger partial charge on any atom is -0.341 e. The van der Waals surface area contributed by atoms with Gasteiger partial charge in [0.2, 0.25) is 15.9 Å².